The summed E-state index contributed by atoms with van der Waals surface area (Å²) in [5.41, 5.74) is 1.42. The van der Waals surface area contributed by atoms with Gasteiger partial charge in [-0.2, -0.15) is 4.39 Å². The van der Waals surface area contributed by atoms with Crippen LogP contribution in [0.5, 0.6) is 5.75 Å². The van der Waals surface area contributed by atoms with Crippen molar-refractivity contribution in [3.63, 3.8) is 0 Å². The van der Waals surface area contributed by atoms with Crippen molar-refractivity contribution >= 4 is 28.8 Å². The third kappa shape index (κ3) is 4.06. The van der Waals surface area contributed by atoms with E-state index < -0.39 is 5.95 Å². The summed E-state index contributed by atoms with van der Waals surface area (Å²) in [7, 11) is 0. The Morgan fingerprint density at radius 3 is 2.94 bits per heavy atom. The minimum absolute atomic E-state index is 0.104. The number of halogens is 1. The van der Waals surface area contributed by atoms with Gasteiger partial charge in [0.1, 0.15) is 12.4 Å². The van der Waals surface area contributed by atoms with E-state index in [-0.39, 0.29) is 24.4 Å². The first-order valence-corrected chi connectivity index (χ1v) is 11.1. The molecular weight excluding hydrogens is 433 g/mol. The zero-order valence-corrected chi connectivity index (χ0v) is 17.8. The Morgan fingerprint density at radius 1 is 1.22 bits per heavy atom. The number of thiazole rings is 1. The number of nitrogens with one attached hydrogen (secondary N) is 1. The molecule has 1 fully saturated rings. The molecule has 4 heterocycles. The molecule has 0 spiro atoms. The molecule has 0 unspecified atom stereocenters. The molecular formula is C22H20FN5O3S. The molecule has 10 heteroatoms. The number of rotatable bonds is 2. The van der Waals surface area contributed by atoms with Crippen molar-refractivity contribution in [3.05, 3.63) is 59.1 Å². The Bertz CT molecular complexity index is 1160. The van der Waals surface area contributed by atoms with Crippen LogP contribution in [-0.2, 0) is 4.79 Å². The van der Waals surface area contributed by atoms with Crippen molar-refractivity contribution in [1.29, 1.82) is 0 Å². The second kappa shape index (κ2) is 8.64. The number of benzene rings is 1. The molecule has 2 amide bonds. The lowest BCUT2D eigenvalue weighted by molar-refractivity contribution is -0.118. The lowest BCUT2D eigenvalue weighted by Crippen LogP contribution is -2.57. The molecule has 8 nitrogen and oxygen atoms in total. The third-order valence-electron chi connectivity index (χ3n) is 5.61. The monoisotopic (exact) mass is 453 g/mol. The lowest BCUT2D eigenvalue weighted by atomic mass is 10.1. The van der Waals surface area contributed by atoms with E-state index in [2.05, 4.69) is 15.3 Å². The summed E-state index contributed by atoms with van der Waals surface area (Å²) in [5, 5.41) is 5.12. The van der Waals surface area contributed by atoms with Gasteiger partial charge in [0.15, 0.2) is 5.01 Å². The highest BCUT2D eigenvalue weighted by atomic mass is 32.1. The first-order valence-electron chi connectivity index (χ1n) is 10.2. The number of anilines is 1. The van der Waals surface area contributed by atoms with Crippen LogP contribution in [0.3, 0.4) is 0 Å². The fourth-order valence-electron chi connectivity index (χ4n) is 3.99. The molecule has 0 aliphatic carbocycles. The first-order chi connectivity index (χ1) is 15.6. The van der Waals surface area contributed by atoms with Gasteiger partial charge in [-0.05, 0) is 29.8 Å². The quantitative estimate of drug-likeness (QED) is 0.600. The van der Waals surface area contributed by atoms with Gasteiger partial charge >= 0.3 is 0 Å². The Morgan fingerprint density at radius 2 is 2.12 bits per heavy atom. The van der Waals surface area contributed by atoms with Crippen LogP contribution >= 0.6 is 11.3 Å². The van der Waals surface area contributed by atoms with Crippen LogP contribution in [0.25, 0.3) is 11.1 Å². The highest BCUT2D eigenvalue weighted by Crippen LogP contribution is 2.32. The molecule has 1 atom stereocenters. The second-order valence-electron chi connectivity index (χ2n) is 7.62. The number of amides is 2. The predicted octanol–water partition coefficient (Wildman–Crippen LogP) is 2.50. The van der Waals surface area contributed by atoms with Crippen LogP contribution < -0.4 is 10.1 Å². The molecule has 5 rings (SSSR count). The molecule has 32 heavy (non-hydrogen) atoms. The summed E-state index contributed by atoms with van der Waals surface area (Å²) in [4.78, 5) is 37.0. The molecule has 2 aromatic heterocycles. The summed E-state index contributed by atoms with van der Waals surface area (Å²) < 4.78 is 20.2. The number of aromatic nitrogens is 2. The number of nitrogens with zero attached hydrogens (tertiary/aromatic N) is 4. The van der Waals surface area contributed by atoms with E-state index in [9.17, 15) is 14.0 Å². The van der Waals surface area contributed by atoms with E-state index in [0.717, 1.165) is 0 Å². The van der Waals surface area contributed by atoms with Crippen molar-refractivity contribution in [2.45, 2.75) is 6.04 Å². The number of carbonyl (C=O) groups is 2. The van der Waals surface area contributed by atoms with Crippen LogP contribution in [0.2, 0.25) is 0 Å². The van der Waals surface area contributed by atoms with Gasteiger partial charge in [-0.1, -0.05) is 6.07 Å². The highest BCUT2D eigenvalue weighted by Gasteiger charge is 2.33. The summed E-state index contributed by atoms with van der Waals surface area (Å²) in [6, 6.07) is 8.30. The second-order valence-corrected chi connectivity index (χ2v) is 8.52. The molecule has 1 N–H and O–H groups in total. The van der Waals surface area contributed by atoms with E-state index in [1.165, 1.54) is 17.5 Å². The van der Waals surface area contributed by atoms with Gasteiger partial charge in [-0.15, -0.1) is 11.3 Å². The Kier molecular flexibility index (Phi) is 5.54. The van der Waals surface area contributed by atoms with Crippen molar-refractivity contribution in [2.75, 3.05) is 38.1 Å². The van der Waals surface area contributed by atoms with Gasteiger partial charge in [0.2, 0.25) is 11.9 Å². The van der Waals surface area contributed by atoms with E-state index in [0.29, 0.717) is 53.8 Å². The Labute approximate surface area is 187 Å². The molecule has 0 bridgehead atoms. The maximum Gasteiger partial charge on any atom is 0.282 e. The van der Waals surface area contributed by atoms with Crippen molar-refractivity contribution in [1.82, 2.24) is 19.8 Å². The van der Waals surface area contributed by atoms with Gasteiger partial charge in [0.05, 0.1) is 18.3 Å². The van der Waals surface area contributed by atoms with Crippen LogP contribution in [0.4, 0.5) is 10.1 Å². The van der Waals surface area contributed by atoms with Gasteiger partial charge in [0.25, 0.3) is 5.91 Å². The van der Waals surface area contributed by atoms with Crippen molar-refractivity contribution in [3.8, 4) is 16.9 Å². The fourth-order valence-corrected chi connectivity index (χ4v) is 4.59. The molecule has 3 aromatic rings. The molecule has 0 saturated carbocycles. The number of ether oxygens (including phenoxy) is 1. The van der Waals surface area contributed by atoms with Crippen LogP contribution in [-0.4, -0.2) is 70.4 Å². The van der Waals surface area contributed by atoms with E-state index in [1.54, 1.807) is 46.8 Å². The Balaban J connectivity index is 1.38. The fraction of sp³-hybridized carbons (Fsp3) is 0.273. The zero-order valence-electron chi connectivity index (χ0n) is 17.0. The molecule has 164 valence electrons. The largest absolute Gasteiger partial charge is 0.490 e. The van der Waals surface area contributed by atoms with Gasteiger partial charge in [0, 0.05) is 43.0 Å². The first kappa shape index (κ1) is 20.5. The predicted molar refractivity (Wildman–Crippen MR) is 117 cm³/mol. The number of pyridine rings is 1. The number of carbonyl (C=O) groups excluding carboxylic acids is 2. The lowest BCUT2D eigenvalue weighted by Gasteiger charge is -2.40. The summed E-state index contributed by atoms with van der Waals surface area (Å²) in [5.74, 6) is -0.376. The minimum Gasteiger partial charge on any atom is -0.490 e. The Hall–Kier alpha value is -3.37. The average molecular weight is 453 g/mol. The molecule has 1 aromatic carbocycles. The summed E-state index contributed by atoms with van der Waals surface area (Å²) in [6.07, 6.45) is 3.00. The third-order valence-corrected chi connectivity index (χ3v) is 6.37. The van der Waals surface area contributed by atoms with E-state index >= 15 is 0 Å². The topological polar surface area (TPSA) is 87.7 Å². The van der Waals surface area contributed by atoms with Gasteiger partial charge < -0.3 is 15.0 Å². The molecule has 1 saturated heterocycles. The van der Waals surface area contributed by atoms with Gasteiger partial charge in [-0.25, -0.2) is 9.97 Å². The van der Waals surface area contributed by atoms with Crippen LogP contribution in [0, 0.1) is 5.95 Å². The SMILES string of the molecule is O=C1CN2CCN(C(=O)c3nccs3)C[C@@H]2COc2ccc(-c3cccnc3F)cc2N1. The van der Waals surface area contributed by atoms with Gasteiger partial charge in [-0.3, -0.25) is 14.5 Å². The van der Waals surface area contributed by atoms with E-state index in [4.69, 9.17) is 4.74 Å². The molecule has 2 aliphatic heterocycles. The maximum atomic E-state index is 14.1. The van der Waals surface area contributed by atoms with Crippen molar-refractivity contribution in [2.24, 2.45) is 0 Å². The van der Waals surface area contributed by atoms with Crippen molar-refractivity contribution < 1.29 is 18.7 Å². The zero-order chi connectivity index (χ0) is 22.1. The number of hydrogen-bond donors (Lipinski definition) is 1. The summed E-state index contributed by atoms with van der Waals surface area (Å²) in [6.45, 7) is 2.00. The maximum absolute atomic E-state index is 14.1. The number of hydrogen-bond acceptors (Lipinski definition) is 7. The highest BCUT2D eigenvalue weighted by molar-refractivity contribution is 7.11. The molecule has 2 aliphatic rings. The molecule has 0 radical (unpaired) electrons. The normalized spacial score (nSPS) is 19.0. The number of piperazine rings is 1. The van der Waals surface area contributed by atoms with E-state index in [1.807, 2.05) is 4.90 Å². The average Bonchev–Trinajstić information content (AvgIpc) is 3.35. The van der Waals surface area contributed by atoms with Crippen LogP contribution in [0.1, 0.15) is 9.80 Å². The van der Waals surface area contributed by atoms with Crippen LogP contribution in [0.15, 0.2) is 48.1 Å². The smallest absolute Gasteiger partial charge is 0.282 e. The minimum atomic E-state index is -0.579. The summed E-state index contributed by atoms with van der Waals surface area (Å²) >= 11 is 1.31. The standard InChI is InChI=1S/C22H20FN5O3S/c23-20-16(2-1-5-24-20)14-3-4-18-17(10-14)26-19(29)12-27-7-8-28(11-15(27)13-31-18)22(30)21-25-6-9-32-21/h1-6,9-10,15H,7-8,11-13H2,(H,26,29)/t15-/m1/s1. The number of fused-ring (bicyclic) bond motifs is 2.